The average molecular weight is 466 g/mol. The highest BCUT2D eigenvalue weighted by Crippen LogP contribution is 2.77. The lowest BCUT2D eigenvalue weighted by Gasteiger charge is -2.74. The molecule has 184 valence electrons. The van der Waals surface area contributed by atoms with Gasteiger partial charge < -0.3 is 24.6 Å². The number of fused-ring (bicyclic) bond motifs is 2. The fraction of sp³-hybridized carbons (Fsp3) is 0.724. The fourth-order valence-corrected chi connectivity index (χ4v) is 9.02. The first-order chi connectivity index (χ1) is 16.0. The van der Waals surface area contributed by atoms with Crippen molar-refractivity contribution in [2.24, 2.45) is 22.7 Å². The number of ether oxygens (including phenoxy) is 2. The topological polar surface area (TPSA) is 62.2 Å². The van der Waals surface area contributed by atoms with Crippen LogP contribution in [-0.4, -0.2) is 52.1 Å². The molecule has 1 aromatic carbocycles. The van der Waals surface area contributed by atoms with Crippen LogP contribution in [-0.2, 0) is 16.6 Å². The van der Waals surface area contributed by atoms with E-state index in [4.69, 9.17) is 9.47 Å². The van der Waals surface area contributed by atoms with Gasteiger partial charge in [-0.15, -0.1) is 0 Å². The zero-order valence-electron chi connectivity index (χ0n) is 21.2. The van der Waals surface area contributed by atoms with Gasteiger partial charge in [-0.2, -0.15) is 0 Å². The molecule has 1 aromatic rings. The molecule has 1 unspecified atom stereocenters. The number of nitrogens with zero attached hydrogens (tertiary/aromatic N) is 1. The van der Waals surface area contributed by atoms with E-state index in [0.29, 0.717) is 11.8 Å². The highest BCUT2D eigenvalue weighted by Gasteiger charge is 2.81. The van der Waals surface area contributed by atoms with Crippen LogP contribution >= 0.6 is 0 Å². The maximum absolute atomic E-state index is 12.2. The minimum atomic E-state index is -0.933. The van der Waals surface area contributed by atoms with Crippen molar-refractivity contribution in [1.29, 1.82) is 0 Å². The minimum absolute atomic E-state index is 0.0481. The van der Waals surface area contributed by atoms with Crippen LogP contribution in [0.2, 0.25) is 0 Å². The summed E-state index contributed by atoms with van der Waals surface area (Å²) in [6.07, 6.45) is 11.0. The van der Waals surface area contributed by atoms with Crippen molar-refractivity contribution in [3.05, 3.63) is 35.5 Å². The van der Waals surface area contributed by atoms with Gasteiger partial charge in [0.1, 0.15) is 11.7 Å². The molecule has 7 atom stereocenters. The third-order valence-electron chi connectivity index (χ3n) is 11.4. The van der Waals surface area contributed by atoms with Crippen LogP contribution in [0, 0.1) is 22.7 Å². The molecule has 0 radical (unpaired) electrons. The molecule has 4 bridgehead atoms. The first kappa shape index (κ1) is 21.6. The predicted molar refractivity (Wildman–Crippen MR) is 130 cm³/mol. The van der Waals surface area contributed by atoms with Crippen LogP contribution in [0.1, 0.15) is 70.9 Å². The number of rotatable bonds is 4. The van der Waals surface area contributed by atoms with Gasteiger partial charge >= 0.3 is 0 Å². The van der Waals surface area contributed by atoms with Crippen LogP contribution in [0.25, 0.3) is 0 Å². The molecule has 4 fully saturated rings. The maximum Gasteiger partial charge on any atom is 0.166 e. The smallest absolute Gasteiger partial charge is 0.166 e. The van der Waals surface area contributed by atoms with Gasteiger partial charge in [-0.05, 0) is 74.6 Å². The second-order valence-electron chi connectivity index (χ2n) is 13.5. The van der Waals surface area contributed by atoms with Crippen LogP contribution in [0.4, 0.5) is 0 Å². The van der Waals surface area contributed by atoms with E-state index in [0.717, 1.165) is 38.1 Å². The van der Waals surface area contributed by atoms with Gasteiger partial charge in [-0.3, -0.25) is 0 Å². The monoisotopic (exact) mass is 465 g/mol. The molecule has 34 heavy (non-hydrogen) atoms. The van der Waals surface area contributed by atoms with Crippen molar-refractivity contribution in [2.45, 2.75) is 95.0 Å². The normalized spacial score (nSPS) is 42.9. The lowest BCUT2D eigenvalue weighted by atomic mass is 9.34. The minimum Gasteiger partial charge on any atom is -0.504 e. The lowest BCUT2D eigenvalue weighted by molar-refractivity contribution is -0.296. The summed E-state index contributed by atoms with van der Waals surface area (Å²) >= 11 is 0. The second kappa shape index (κ2) is 6.15. The SMILES string of the molecule is COC12CC[C@@]3(C[C@@H]1[C@](C)(O)C(C)(C)C)[C@H]1Cc4ccc(O)c5c4[C@@]3(C=CN1CC1CC1)[C@H]2O5. The molecule has 5 heteroatoms. The highest BCUT2D eigenvalue weighted by molar-refractivity contribution is 5.65. The molecular formula is C29H39NO4. The van der Waals surface area contributed by atoms with Gasteiger partial charge in [0.2, 0.25) is 0 Å². The number of aromatic hydroxyl groups is 1. The van der Waals surface area contributed by atoms with Crippen molar-refractivity contribution in [3.63, 3.8) is 0 Å². The molecule has 0 amide bonds. The average Bonchev–Trinajstić information content (AvgIpc) is 3.53. The highest BCUT2D eigenvalue weighted by atomic mass is 16.6. The van der Waals surface area contributed by atoms with Crippen molar-refractivity contribution < 1.29 is 19.7 Å². The molecule has 2 heterocycles. The number of methoxy groups -OCH3 is 1. The molecule has 5 aliphatic carbocycles. The van der Waals surface area contributed by atoms with E-state index in [1.54, 1.807) is 7.11 Å². The van der Waals surface area contributed by atoms with Crippen molar-refractivity contribution in [1.82, 2.24) is 4.90 Å². The first-order valence-electron chi connectivity index (χ1n) is 13.3. The van der Waals surface area contributed by atoms with E-state index in [2.05, 4.69) is 44.0 Å². The third-order valence-corrected chi connectivity index (χ3v) is 11.4. The number of benzene rings is 1. The number of hydrogen-bond acceptors (Lipinski definition) is 5. The molecule has 2 N–H and O–H groups in total. The van der Waals surface area contributed by atoms with Crippen LogP contribution in [0.5, 0.6) is 11.5 Å². The molecule has 0 saturated heterocycles. The first-order valence-corrected chi connectivity index (χ1v) is 13.3. The van der Waals surface area contributed by atoms with Crippen LogP contribution < -0.4 is 4.74 Å². The summed E-state index contributed by atoms with van der Waals surface area (Å²) in [5, 5.41) is 23.1. The van der Waals surface area contributed by atoms with Gasteiger partial charge in [0.05, 0.1) is 11.0 Å². The molecule has 2 spiro atoms. The van der Waals surface area contributed by atoms with E-state index >= 15 is 0 Å². The second-order valence-corrected chi connectivity index (χ2v) is 13.5. The van der Waals surface area contributed by atoms with E-state index < -0.39 is 11.2 Å². The summed E-state index contributed by atoms with van der Waals surface area (Å²) in [5.41, 5.74) is 0.284. The summed E-state index contributed by atoms with van der Waals surface area (Å²) in [6.45, 7) is 9.56. The Morgan fingerprint density at radius 3 is 2.62 bits per heavy atom. The Morgan fingerprint density at radius 1 is 1.18 bits per heavy atom. The Morgan fingerprint density at radius 2 is 1.94 bits per heavy atom. The zero-order valence-corrected chi connectivity index (χ0v) is 21.2. The molecular weight excluding hydrogens is 426 g/mol. The van der Waals surface area contributed by atoms with Gasteiger partial charge in [-0.1, -0.05) is 32.9 Å². The summed E-state index contributed by atoms with van der Waals surface area (Å²) in [7, 11) is 1.81. The van der Waals surface area contributed by atoms with E-state index in [1.807, 2.05) is 13.0 Å². The third kappa shape index (κ3) is 2.17. The number of phenols is 1. The van der Waals surface area contributed by atoms with Gasteiger partial charge in [0, 0.05) is 36.6 Å². The quantitative estimate of drug-likeness (QED) is 0.684. The Balaban J connectivity index is 1.50. The summed E-state index contributed by atoms with van der Waals surface area (Å²) in [6, 6.07) is 4.32. The van der Waals surface area contributed by atoms with Gasteiger partial charge in [0.25, 0.3) is 0 Å². The number of aliphatic hydroxyl groups is 1. The largest absolute Gasteiger partial charge is 0.504 e. The van der Waals surface area contributed by atoms with Gasteiger partial charge in [-0.25, -0.2) is 0 Å². The summed E-state index contributed by atoms with van der Waals surface area (Å²) < 4.78 is 13.4. The molecule has 2 aliphatic heterocycles. The molecule has 4 saturated carbocycles. The Bertz CT molecular complexity index is 1100. The Labute approximate surface area is 203 Å². The molecule has 7 aliphatic rings. The van der Waals surface area contributed by atoms with E-state index in [-0.39, 0.29) is 34.0 Å². The summed E-state index contributed by atoms with van der Waals surface area (Å²) in [5.74, 6) is 1.63. The van der Waals surface area contributed by atoms with Crippen LogP contribution in [0.3, 0.4) is 0 Å². The van der Waals surface area contributed by atoms with Crippen LogP contribution in [0.15, 0.2) is 24.4 Å². The van der Waals surface area contributed by atoms with E-state index in [9.17, 15) is 10.2 Å². The van der Waals surface area contributed by atoms with Gasteiger partial charge in [0.15, 0.2) is 11.5 Å². The number of phenolic OH excluding ortho intramolecular Hbond substituents is 1. The maximum atomic E-state index is 12.2. The van der Waals surface area contributed by atoms with Crippen molar-refractivity contribution >= 4 is 0 Å². The predicted octanol–water partition coefficient (Wildman–Crippen LogP) is 4.54. The summed E-state index contributed by atoms with van der Waals surface area (Å²) in [4.78, 5) is 2.64. The van der Waals surface area contributed by atoms with Crippen molar-refractivity contribution in [2.75, 3.05) is 13.7 Å². The Hall–Kier alpha value is -1.72. The Kier molecular flexibility index (Phi) is 3.90. The van der Waals surface area contributed by atoms with E-state index in [1.165, 1.54) is 24.0 Å². The molecule has 5 nitrogen and oxygen atoms in total. The molecule has 8 rings (SSSR count). The molecule has 0 aromatic heterocycles. The van der Waals surface area contributed by atoms with Crippen molar-refractivity contribution in [3.8, 4) is 11.5 Å². The lowest BCUT2D eigenvalue weighted by Crippen LogP contribution is -2.81. The number of hydrogen-bond donors (Lipinski definition) is 2. The standard InChI is InChI=1S/C29H39NO4/c1-25(2,3)26(4,32)20-15-27-10-11-29(20,33-5)24-28(27)12-13-30(16-17-6-7-17)21(27)14-18-8-9-19(31)23(34-24)22(18)28/h8-9,12-13,17,20-21,24,31-32H,6-7,10-11,14-16H2,1-5H3/t20-,21-,24-,26+,27-,28+,29?/m1/s1. The zero-order chi connectivity index (χ0) is 23.9. The fourth-order valence-electron chi connectivity index (χ4n) is 9.02.